The number of hydrogen-bond acceptors (Lipinski definition) is 2. The molecule has 1 aliphatic rings. The Labute approximate surface area is 169 Å². The maximum Gasteiger partial charge on any atom is 0.225 e. The van der Waals surface area contributed by atoms with Gasteiger partial charge in [-0.2, -0.15) is 0 Å². The number of carbonyl (C=O) groups excluding carboxylic acids is 2. The lowest BCUT2D eigenvalue weighted by Crippen LogP contribution is -2.35. The molecule has 140 valence electrons. The fraction of sp³-hybridized carbons (Fsp3) is 0.238. The molecular weight excluding hydrogens is 383 g/mol. The van der Waals surface area contributed by atoms with E-state index in [1.807, 2.05) is 42.5 Å². The van der Waals surface area contributed by atoms with Gasteiger partial charge in [0.05, 0.1) is 22.5 Å². The maximum absolute atomic E-state index is 12.9. The smallest absolute Gasteiger partial charge is 0.225 e. The van der Waals surface area contributed by atoms with E-state index in [1.54, 1.807) is 29.1 Å². The van der Waals surface area contributed by atoms with Gasteiger partial charge in [-0.05, 0) is 28.8 Å². The minimum atomic E-state index is -0.325. The number of benzene rings is 2. The van der Waals surface area contributed by atoms with Crippen LogP contribution in [0.1, 0.15) is 36.1 Å². The van der Waals surface area contributed by atoms with Crippen molar-refractivity contribution in [1.82, 2.24) is 9.80 Å². The van der Waals surface area contributed by atoms with Crippen molar-refractivity contribution in [2.75, 3.05) is 7.05 Å². The molecule has 4 nitrogen and oxygen atoms in total. The van der Waals surface area contributed by atoms with Crippen molar-refractivity contribution < 1.29 is 9.59 Å². The Morgan fingerprint density at radius 2 is 1.85 bits per heavy atom. The van der Waals surface area contributed by atoms with Gasteiger partial charge in [-0.15, -0.1) is 0 Å². The predicted octanol–water partition coefficient (Wildman–Crippen LogP) is 4.92. The minimum Gasteiger partial charge on any atom is -0.341 e. The van der Waals surface area contributed by atoms with Gasteiger partial charge >= 0.3 is 0 Å². The van der Waals surface area contributed by atoms with E-state index in [1.165, 1.54) is 6.92 Å². The lowest BCUT2D eigenvalue weighted by Gasteiger charge is -2.33. The summed E-state index contributed by atoms with van der Waals surface area (Å²) in [5.41, 5.74) is 2.78. The van der Waals surface area contributed by atoms with Crippen LogP contribution in [0.15, 0.2) is 48.7 Å². The molecule has 6 heteroatoms. The van der Waals surface area contributed by atoms with Crippen LogP contribution in [0.3, 0.4) is 0 Å². The molecule has 2 amide bonds. The van der Waals surface area contributed by atoms with Crippen molar-refractivity contribution in [2.45, 2.75) is 25.9 Å². The molecule has 2 aromatic rings. The standard InChI is InChI=1S/C21H20Cl2N2O2/c1-14(26)25-11-10-15-6-3-4-8-17(15)19(25)12-20(27)24(2)13-16-7-5-9-18(22)21(16)23/h3-11,19H,12-13H2,1-2H3/t19-/m0/s1. The highest BCUT2D eigenvalue weighted by molar-refractivity contribution is 6.42. The molecule has 0 unspecified atom stereocenters. The normalized spacial score (nSPS) is 15.4. The van der Waals surface area contributed by atoms with Crippen LogP contribution in [0.4, 0.5) is 0 Å². The Kier molecular flexibility index (Phi) is 5.88. The maximum atomic E-state index is 12.9. The number of rotatable bonds is 4. The highest BCUT2D eigenvalue weighted by Gasteiger charge is 2.29. The summed E-state index contributed by atoms with van der Waals surface area (Å²) in [5, 5.41) is 0.916. The van der Waals surface area contributed by atoms with Crippen LogP contribution in [0.5, 0.6) is 0 Å². The summed E-state index contributed by atoms with van der Waals surface area (Å²) in [6.45, 7) is 1.85. The zero-order valence-corrected chi connectivity index (χ0v) is 16.7. The van der Waals surface area contributed by atoms with Crippen LogP contribution in [0, 0.1) is 0 Å². The summed E-state index contributed by atoms with van der Waals surface area (Å²) >= 11 is 12.3. The molecule has 1 atom stereocenters. The molecule has 1 aliphatic heterocycles. The SMILES string of the molecule is CC(=O)N1C=Cc2ccccc2[C@@H]1CC(=O)N(C)Cc1cccc(Cl)c1Cl. The van der Waals surface area contributed by atoms with Crippen LogP contribution in [0.25, 0.3) is 6.08 Å². The van der Waals surface area contributed by atoms with Gasteiger partial charge in [-0.3, -0.25) is 9.59 Å². The molecule has 0 fully saturated rings. The largest absolute Gasteiger partial charge is 0.341 e. The third-order valence-corrected chi connectivity index (χ3v) is 5.56. The molecule has 0 aliphatic carbocycles. The van der Waals surface area contributed by atoms with Crippen LogP contribution < -0.4 is 0 Å². The molecular formula is C21H20Cl2N2O2. The van der Waals surface area contributed by atoms with Gasteiger partial charge in [0, 0.05) is 26.7 Å². The van der Waals surface area contributed by atoms with Crippen LogP contribution >= 0.6 is 23.2 Å². The quantitative estimate of drug-likeness (QED) is 0.728. The number of carbonyl (C=O) groups is 2. The van der Waals surface area contributed by atoms with Crippen molar-refractivity contribution in [1.29, 1.82) is 0 Å². The minimum absolute atomic E-state index is 0.0765. The fourth-order valence-electron chi connectivity index (χ4n) is 3.25. The van der Waals surface area contributed by atoms with E-state index in [9.17, 15) is 9.59 Å². The molecule has 27 heavy (non-hydrogen) atoms. The van der Waals surface area contributed by atoms with Crippen LogP contribution in [-0.2, 0) is 16.1 Å². The first-order valence-electron chi connectivity index (χ1n) is 8.61. The number of halogens is 2. The zero-order chi connectivity index (χ0) is 19.6. The van der Waals surface area contributed by atoms with Gasteiger partial charge < -0.3 is 9.80 Å². The molecule has 2 aromatic carbocycles. The Morgan fingerprint density at radius 1 is 1.11 bits per heavy atom. The Morgan fingerprint density at radius 3 is 2.59 bits per heavy atom. The van der Waals surface area contributed by atoms with Crippen molar-refractivity contribution in [3.63, 3.8) is 0 Å². The second-order valence-corrected chi connectivity index (χ2v) is 7.34. The molecule has 0 radical (unpaired) electrons. The molecule has 0 spiro atoms. The first kappa shape index (κ1) is 19.5. The summed E-state index contributed by atoms with van der Waals surface area (Å²) in [7, 11) is 1.72. The lowest BCUT2D eigenvalue weighted by molar-refractivity contribution is -0.134. The third kappa shape index (κ3) is 4.18. The van der Waals surface area contributed by atoms with Crippen molar-refractivity contribution in [2.24, 2.45) is 0 Å². The van der Waals surface area contributed by atoms with E-state index < -0.39 is 0 Å². The van der Waals surface area contributed by atoms with Gasteiger partial charge in [-0.1, -0.05) is 59.6 Å². The first-order chi connectivity index (χ1) is 12.9. The summed E-state index contributed by atoms with van der Waals surface area (Å²) in [4.78, 5) is 28.2. The molecule has 0 saturated heterocycles. The summed E-state index contributed by atoms with van der Waals surface area (Å²) in [5.74, 6) is -0.175. The van der Waals surface area contributed by atoms with Gasteiger partial charge in [0.25, 0.3) is 0 Å². The highest BCUT2D eigenvalue weighted by Crippen LogP contribution is 2.33. The van der Waals surface area contributed by atoms with Crippen molar-refractivity contribution in [3.8, 4) is 0 Å². The number of hydrogen-bond donors (Lipinski definition) is 0. The second kappa shape index (κ2) is 8.15. The molecule has 0 N–H and O–H groups in total. The molecule has 3 rings (SSSR count). The number of amides is 2. The van der Waals surface area contributed by atoms with Crippen LogP contribution in [-0.4, -0.2) is 28.7 Å². The monoisotopic (exact) mass is 402 g/mol. The summed E-state index contributed by atoms with van der Waals surface area (Å²) < 4.78 is 0. The number of nitrogens with zero attached hydrogens (tertiary/aromatic N) is 2. The first-order valence-corrected chi connectivity index (χ1v) is 9.37. The van der Waals surface area contributed by atoms with E-state index in [0.717, 1.165) is 16.7 Å². The Hall–Kier alpha value is -2.30. The van der Waals surface area contributed by atoms with E-state index in [0.29, 0.717) is 16.6 Å². The predicted molar refractivity (Wildman–Crippen MR) is 108 cm³/mol. The van der Waals surface area contributed by atoms with Crippen molar-refractivity contribution >= 4 is 41.1 Å². The Bertz CT molecular complexity index is 911. The van der Waals surface area contributed by atoms with E-state index in [4.69, 9.17) is 23.2 Å². The summed E-state index contributed by atoms with van der Waals surface area (Å²) in [6.07, 6.45) is 3.83. The molecule has 0 bridgehead atoms. The third-order valence-electron chi connectivity index (χ3n) is 4.70. The van der Waals surface area contributed by atoms with Crippen molar-refractivity contribution in [3.05, 3.63) is 75.4 Å². The van der Waals surface area contributed by atoms with Crippen LogP contribution in [0.2, 0.25) is 10.0 Å². The molecule has 0 saturated carbocycles. The Balaban J connectivity index is 1.79. The molecule has 1 heterocycles. The van der Waals surface area contributed by atoms with E-state index in [2.05, 4.69) is 0 Å². The van der Waals surface area contributed by atoms with E-state index in [-0.39, 0.29) is 24.3 Å². The highest BCUT2D eigenvalue weighted by atomic mass is 35.5. The van der Waals surface area contributed by atoms with Gasteiger partial charge in [0.15, 0.2) is 0 Å². The number of fused-ring (bicyclic) bond motifs is 1. The molecule has 0 aromatic heterocycles. The van der Waals surface area contributed by atoms with E-state index >= 15 is 0 Å². The fourth-order valence-corrected chi connectivity index (χ4v) is 3.63. The van der Waals surface area contributed by atoms with Gasteiger partial charge in [-0.25, -0.2) is 0 Å². The average Bonchev–Trinajstić information content (AvgIpc) is 2.65. The van der Waals surface area contributed by atoms with Gasteiger partial charge in [0.2, 0.25) is 11.8 Å². The summed E-state index contributed by atoms with van der Waals surface area (Å²) in [6, 6.07) is 12.8. The lowest BCUT2D eigenvalue weighted by atomic mass is 9.93. The average molecular weight is 403 g/mol. The zero-order valence-electron chi connectivity index (χ0n) is 15.2. The topological polar surface area (TPSA) is 40.6 Å². The second-order valence-electron chi connectivity index (χ2n) is 6.55. The van der Waals surface area contributed by atoms with Gasteiger partial charge in [0.1, 0.15) is 0 Å².